The van der Waals surface area contributed by atoms with E-state index in [1.165, 1.54) is 0 Å². The van der Waals surface area contributed by atoms with Gasteiger partial charge in [0, 0.05) is 23.4 Å². The minimum atomic E-state index is -0.0276. The third kappa shape index (κ3) is 4.90. The molecule has 0 aliphatic carbocycles. The fourth-order valence-corrected chi connectivity index (χ4v) is 2.54. The van der Waals surface area contributed by atoms with Gasteiger partial charge in [0.05, 0.1) is 10.6 Å². The Kier molecular flexibility index (Phi) is 7.27. The zero-order valence-corrected chi connectivity index (χ0v) is 14.2. The lowest BCUT2D eigenvalue weighted by Gasteiger charge is -2.18. The van der Waals surface area contributed by atoms with Crippen molar-refractivity contribution in [1.29, 1.82) is 0 Å². The third-order valence-corrected chi connectivity index (χ3v) is 4.02. The van der Waals surface area contributed by atoms with Crippen molar-refractivity contribution < 1.29 is 4.79 Å². The first kappa shape index (κ1) is 16.0. The summed E-state index contributed by atoms with van der Waals surface area (Å²) in [6.07, 6.45) is 3.27. The molecule has 0 fully saturated rings. The van der Waals surface area contributed by atoms with Crippen LogP contribution in [0.25, 0.3) is 0 Å². The number of benzene rings is 1. The second-order valence-corrected chi connectivity index (χ2v) is 6.22. The van der Waals surface area contributed by atoms with Crippen molar-refractivity contribution in [1.82, 2.24) is 4.90 Å². The first-order valence-electron chi connectivity index (χ1n) is 5.82. The number of unbranched alkanes of at least 4 members (excludes halogenated alkanes) is 2. The molecule has 0 spiro atoms. The van der Waals surface area contributed by atoms with E-state index in [4.69, 9.17) is 11.6 Å². The Bertz CT molecular complexity index is 412. The Morgan fingerprint density at radius 1 is 1.33 bits per heavy atom. The van der Waals surface area contributed by atoms with Crippen molar-refractivity contribution in [2.45, 2.75) is 19.3 Å². The zero-order chi connectivity index (χ0) is 13.5. The number of hydrogen-bond acceptors (Lipinski definition) is 1. The van der Waals surface area contributed by atoms with Crippen LogP contribution in [0.15, 0.2) is 22.7 Å². The fourth-order valence-electron chi connectivity index (χ4n) is 1.59. The van der Waals surface area contributed by atoms with Crippen LogP contribution >= 0.6 is 43.5 Å². The van der Waals surface area contributed by atoms with E-state index in [0.717, 1.165) is 35.6 Å². The molecule has 0 saturated heterocycles. The average molecular weight is 398 g/mol. The molecule has 0 aromatic heterocycles. The van der Waals surface area contributed by atoms with Crippen molar-refractivity contribution in [2.24, 2.45) is 0 Å². The molecule has 18 heavy (non-hydrogen) atoms. The van der Waals surface area contributed by atoms with Crippen molar-refractivity contribution in [2.75, 3.05) is 18.9 Å². The minimum Gasteiger partial charge on any atom is -0.342 e. The quantitative estimate of drug-likeness (QED) is 0.502. The molecule has 5 heteroatoms. The zero-order valence-electron chi connectivity index (χ0n) is 10.3. The number of alkyl halides is 1. The number of rotatable bonds is 6. The van der Waals surface area contributed by atoms with Crippen molar-refractivity contribution in [3.05, 3.63) is 33.3 Å². The summed E-state index contributed by atoms with van der Waals surface area (Å²) < 4.78 is 0.864. The predicted molar refractivity (Wildman–Crippen MR) is 83.8 cm³/mol. The summed E-state index contributed by atoms with van der Waals surface area (Å²) in [7, 11) is 1.81. The largest absolute Gasteiger partial charge is 0.342 e. The summed E-state index contributed by atoms with van der Waals surface area (Å²) in [5, 5.41) is 1.51. The summed E-state index contributed by atoms with van der Waals surface area (Å²) in [5.41, 5.74) is 0.550. The maximum Gasteiger partial charge on any atom is 0.255 e. The van der Waals surface area contributed by atoms with Gasteiger partial charge in [-0.2, -0.15) is 0 Å². The van der Waals surface area contributed by atoms with Gasteiger partial charge in [-0.3, -0.25) is 4.79 Å². The average Bonchev–Trinajstić information content (AvgIpc) is 2.36. The van der Waals surface area contributed by atoms with Gasteiger partial charge in [-0.15, -0.1) is 0 Å². The third-order valence-electron chi connectivity index (χ3n) is 2.63. The smallest absolute Gasteiger partial charge is 0.255 e. The highest BCUT2D eigenvalue weighted by atomic mass is 79.9. The number of carbonyl (C=O) groups excluding carboxylic acids is 1. The van der Waals surface area contributed by atoms with Crippen molar-refractivity contribution in [3.63, 3.8) is 0 Å². The van der Waals surface area contributed by atoms with E-state index in [9.17, 15) is 4.79 Å². The fraction of sp³-hybridized carbons (Fsp3) is 0.462. The summed E-state index contributed by atoms with van der Waals surface area (Å²) >= 11 is 12.8. The summed E-state index contributed by atoms with van der Waals surface area (Å²) in [4.78, 5) is 13.9. The van der Waals surface area contributed by atoms with Crippen LogP contribution in [0, 0.1) is 0 Å². The van der Waals surface area contributed by atoms with Crippen LogP contribution in [0.2, 0.25) is 5.02 Å². The molecule has 1 amide bonds. The number of carbonyl (C=O) groups is 1. The van der Waals surface area contributed by atoms with Crippen LogP contribution in [0.3, 0.4) is 0 Å². The molecule has 2 nitrogen and oxygen atoms in total. The van der Waals surface area contributed by atoms with Crippen LogP contribution in [0.4, 0.5) is 0 Å². The first-order chi connectivity index (χ1) is 8.56. The normalized spacial score (nSPS) is 10.4. The highest BCUT2D eigenvalue weighted by Crippen LogP contribution is 2.22. The molecule has 1 aromatic carbocycles. The van der Waals surface area contributed by atoms with Gasteiger partial charge < -0.3 is 4.90 Å². The molecule has 1 aromatic rings. The molecule has 0 N–H and O–H groups in total. The van der Waals surface area contributed by atoms with Gasteiger partial charge in [0.25, 0.3) is 5.91 Å². The van der Waals surface area contributed by atoms with Crippen LogP contribution in [-0.2, 0) is 0 Å². The lowest BCUT2D eigenvalue weighted by atomic mass is 10.2. The van der Waals surface area contributed by atoms with E-state index in [1.54, 1.807) is 17.0 Å². The molecule has 0 bridgehead atoms. The Morgan fingerprint density at radius 2 is 2.06 bits per heavy atom. The van der Waals surface area contributed by atoms with E-state index < -0.39 is 0 Å². The number of amides is 1. The SMILES string of the molecule is CN(CCCCCBr)C(=O)c1cc(Br)ccc1Cl. The molecule has 0 unspecified atom stereocenters. The minimum absolute atomic E-state index is 0.0276. The van der Waals surface area contributed by atoms with Crippen LogP contribution in [0.5, 0.6) is 0 Å². The van der Waals surface area contributed by atoms with Gasteiger partial charge in [-0.05, 0) is 31.0 Å². The van der Waals surface area contributed by atoms with Crippen molar-refractivity contribution in [3.8, 4) is 0 Å². The molecular weight excluding hydrogens is 381 g/mol. The Morgan fingerprint density at radius 3 is 2.72 bits per heavy atom. The highest BCUT2D eigenvalue weighted by Gasteiger charge is 2.15. The summed E-state index contributed by atoms with van der Waals surface area (Å²) in [6, 6.07) is 5.33. The topological polar surface area (TPSA) is 20.3 Å². The number of halogens is 3. The van der Waals surface area contributed by atoms with E-state index >= 15 is 0 Å². The van der Waals surface area contributed by atoms with Gasteiger partial charge >= 0.3 is 0 Å². The van der Waals surface area contributed by atoms with Crippen LogP contribution in [-0.4, -0.2) is 29.7 Å². The van der Waals surface area contributed by atoms with E-state index in [-0.39, 0.29) is 5.91 Å². The van der Waals surface area contributed by atoms with Gasteiger partial charge in [0.15, 0.2) is 0 Å². The predicted octanol–water partition coefficient (Wildman–Crippen LogP) is 4.74. The van der Waals surface area contributed by atoms with Crippen molar-refractivity contribution >= 4 is 49.4 Å². The lowest BCUT2D eigenvalue weighted by molar-refractivity contribution is 0.0793. The molecule has 0 aliphatic rings. The standard InChI is InChI=1S/C13H16Br2ClNO/c1-17(8-4-2-3-7-14)13(18)11-9-10(15)5-6-12(11)16/h5-6,9H,2-4,7-8H2,1H3. The van der Waals surface area contributed by atoms with Crippen LogP contribution in [0.1, 0.15) is 29.6 Å². The lowest BCUT2D eigenvalue weighted by Crippen LogP contribution is -2.28. The number of hydrogen-bond donors (Lipinski definition) is 0. The molecular formula is C13H16Br2ClNO. The Balaban J connectivity index is 2.60. The van der Waals surface area contributed by atoms with E-state index in [1.807, 2.05) is 13.1 Å². The van der Waals surface area contributed by atoms with Gasteiger partial charge in [-0.1, -0.05) is 49.9 Å². The van der Waals surface area contributed by atoms with E-state index in [2.05, 4.69) is 31.9 Å². The van der Waals surface area contributed by atoms with Gasteiger partial charge in [-0.25, -0.2) is 0 Å². The Hall–Kier alpha value is -0.0600. The second-order valence-electron chi connectivity index (χ2n) is 4.10. The molecule has 1 rings (SSSR count). The molecule has 0 atom stereocenters. The highest BCUT2D eigenvalue weighted by molar-refractivity contribution is 9.10. The molecule has 0 aliphatic heterocycles. The maximum atomic E-state index is 12.2. The Labute approximate surface area is 130 Å². The van der Waals surface area contributed by atoms with Crippen LogP contribution < -0.4 is 0 Å². The summed E-state index contributed by atoms with van der Waals surface area (Å²) in [6.45, 7) is 0.759. The second kappa shape index (κ2) is 8.18. The molecule has 100 valence electrons. The van der Waals surface area contributed by atoms with E-state index in [0.29, 0.717) is 10.6 Å². The summed E-state index contributed by atoms with van der Waals surface area (Å²) in [5.74, 6) is -0.0276. The molecule has 0 radical (unpaired) electrons. The van der Waals surface area contributed by atoms with Gasteiger partial charge in [0.2, 0.25) is 0 Å². The molecule has 0 heterocycles. The molecule has 0 saturated carbocycles. The first-order valence-corrected chi connectivity index (χ1v) is 8.12. The van der Waals surface area contributed by atoms with Gasteiger partial charge in [0.1, 0.15) is 0 Å². The maximum absolute atomic E-state index is 12.2. The monoisotopic (exact) mass is 395 g/mol. The number of nitrogens with zero attached hydrogens (tertiary/aromatic N) is 1.